The third kappa shape index (κ3) is 1.94. The number of hydrogen-bond donors (Lipinski definition) is 0. The van der Waals surface area contributed by atoms with Crippen molar-refractivity contribution < 1.29 is 14.3 Å². The summed E-state index contributed by atoms with van der Waals surface area (Å²) in [5.74, 6) is -0.406. The Bertz CT molecular complexity index is 271. The van der Waals surface area contributed by atoms with Crippen molar-refractivity contribution in [2.75, 3.05) is 13.7 Å². The molecule has 1 rings (SSSR count). The molecule has 0 aliphatic carbocycles. The Morgan fingerprint density at radius 3 is 3.00 bits per heavy atom. The summed E-state index contributed by atoms with van der Waals surface area (Å²) in [6.45, 7) is 2.11. The SMILES string of the molecule is CCOC(=O)c1csc(OC)n1. The zero-order valence-electron chi connectivity index (χ0n) is 6.86. The monoisotopic (exact) mass is 187 g/mol. The minimum Gasteiger partial charge on any atom is -0.473 e. The molecule has 0 aliphatic rings. The van der Waals surface area contributed by atoms with E-state index in [2.05, 4.69) is 4.98 Å². The van der Waals surface area contributed by atoms with Crippen molar-refractivity contribution in [3.8, 4) is 5.19 Å². The first-order valence-electron chi connectivity index (χ1n) is 3.44. The van der Waals surface area contributed by atoms with Crippen LogP contribution in [-0.4, -0.2) is 24.7 Å². The molecular weight excluding hydrogens is 178 g/mol. The van der Waals surface area contributed by atoms with Crippen LogP contribution in [0.2, 0.25) is 0 Å². The van der Waals surface area contributed by atoms with Gasteiger partial charge in [-0.3, -0.25) is 0 Å². The second kappa shape index (κ2) is 4.06. The molecule has 5 heteroatoms. The zero-order valence-corrected chi connectivity index (χ0v) is 7.68. The molecule has 0 bridgehead atoms. The van der Waals surface area contributed by atoms with Gasteiger partial charge in [0.15, 0.2) is 5.69 Å². The normalized spacial score (nSPS) is 9.50. The molecule has 1 aromatic heterocycles. The van der Waals surface area contributed by atoms with Crippen molar-refractivity contribution in [1.82, 2.24) is 4.98 Å². The highest BCUT2D eigenvalue weighted by Gasteiger charge is 2.10. The Morgan fingerprint density at radius 1 is 1.75 bits per heavy atom. The van der Waals surface area contributed by atoms with Gasteiger partial charge in [0.05, 0.1) is 13.7 Å². The van der Waals surface area contributed by atoms with Gasteiger partial charge in [-0.1, -0.05) is 11.3 Å². The molecule has 0 saturated heterocycles. The number of thiazole rings is 1. The topological polar surface area (TPSA) is 48.4 Å². The van der Waals surface area contributed by atoms with Gasteiger partial charge >= 0.3 is 5.97 Å². The molecule has 0 aliphatic heterocycles. The van der Waals surface area contributed by atoms with Crippen molar-refractivity contribution >= 4 is 17.3 Å². The summed E-state index contributed by atoms with van der Waals surface area (Å²) in [6, 6.07) is 0. The Hall–Kier alpha value is -1.10. The van der Waals surface area contributed by atoms with Crippen LogP contribution < -0.4 is 4.74 Å². The second-order valence-electron chi connectivity index (χ2n) is 1.92. The van der Waals surface area contributed by atoms with E-state index in [9.17, 15) is 4.79 Å². The van der Waals surface area contributed by atoms with E-state index in [1.807, 2.05) is 0 Å². The van der Waals surface area contributed by atoms with Gasteiger partial charge < -0.3 is 9.47 Å². The summed E-state index contributed by atoms with van der Waals surface area (Å²) in [4.78, 5) is 14.9. The van der Waals surface area contributed by atoms with Gasteiger partial charge in [-0.05, 0) is 6.92 Å². The lowest BCUT2D eigenvalue weighted by Crippen LogP contribution is -2.04. The number of carbonyl (C=O) groups is 1. The summed E-state index contributed by atoms with van der Waals surface area (Å²) in [7, 11) is 1.51. The van der Waals surface area contributed by atoms with Crippen molar-refractivity contribution in [2.24, 2.45) is 0 Å². The van der Waals surface area contributed by atoms with Gasteiger partial charge in [-0.15, -0.1) is 0 Å². The molecule has 12 heavy (non-hydrogen) atoms. The third-order valence-corrected chi connectivity index (χ3v) is 1.94. The molecule has 1 aromatic rings. The molecule has 0 atom stereocenters. The van der Waals surface area contributed by atoms with Crippen LogP contribution in [0, 0.1) is 0 Å². The van der Waals surface area contributed by atoms with Gasteiger partial charge in [-0.2, -0.15) is 4.98 Å². The highest BCUT2D eigenvalue weighted by molar-refractivity contribution is 7.11. The lowest BCUT2D eigenvalue weighted by molar-refractivity contribution is 0.0519. The molecule has 66 valence electrons. The number of rotatable bonds is 3. The van der Waals surface area contributed by atoms with Crippen LogP contribution in [0.1, 0.15) is 17.4 Å². The van der Waals surface area contributed by atoms with Crippen LogP contribution in [0.5, 0.6) is 5.19 Å². The fourth-order valence-electron chi connectivity index (χ4n) is 0.650. The standard InChI is InChI=1S/C7H9NO3S/c1-3-11-6(9)5-4-12-7(8-5)10-2/h4H,3H2,1-2H3. The molecular formula is C7H9NO3S. The lowest BCUT2D eigenvalue weighted by Gasteiger charge is -1.95. The summed E-state index contributed by atoms with van der Waals surface area (Å²) in [5, 5.41) is 2.08. The van der Waals surface area contributed by atoms with E-state index >= 15 is 0 Å². The number of carbonyl (C=O) groups excluding carboxylic acids is 1. The number of esters is 1. The van der Waals surface area contributed by atoms with E-state index < -0.39 is 5.97 Å². The van der Waals surface area contributed by atoms with Crippen LogP contribution in [0.25, 0.3) is 0 Å². The highest BCUT2D eigenvalue weighted by atomic mass is 32.1. The van der Waals surface area contributed by atoms with Gasteiger partial charge in [-0.25, -0.2) is 4.79 Å². The van der Waals surface area contributed by atoms with Crippen molar-refractivity contribution in [3.63, 3.8) is 0 Å². The van der Waals surface area contributed by atoms with E-state index in [-0.39, 0.29) is 0 Å². The van der Waals surface area contributed by atoms with Crippen molar-refractivity contribution in [1.29, 1.82) is 0 Å². The van der Waals surface area contributed by atoms with Crippen LogP contribution >= 0.6 is 11.3 Å². The predicted octanol–water partition coefficient (Wildman–Crippen LogP) is 1.33. The summed E-state index contributed by atoms with van der Waals surface area (Å²) in [5.41, 5.74) is 0.304. The molecule has 0 unspecified atom stereocenters. The maximum absolute atomic E-state index is 11.0. The largest absolute Gasteiger partial charge is 0.473 e. The molecule has 1 heterocycles. The summed E-state index contributed by atoms with van der Waals surface area (Å²) < 4.78 is 9.56. The quantitative estimate of drug-likeness (QED) is 0.670. The summed E-state index contributed by atoms with van der Waals surface area (Å²) >= 11 is 1.27. The molecule has 0 fully saturated rings. The minimum absolute atomic E-state index is 0.304. The minimum atomic E-state index is -0.406. The van der Waals surface area contributed by atoms with Crippen LogP contribution in [0.15, 0.2) is 5.38 Å². The first-order chi connectivity index (χ1) is 5.77. The fraction of sp³-hybridized carbons (Fsp3) is 0.429. The van der Waals surface area contributed by atoms with E-state index in [0.29, 0.717) is 17.5 Å². The Kier molecular flexibility index (Phi) is 3.04. The molecule has 0 radical (unpaired) electrons. The van der Waals surface area contributed by atoms with Crippen molar-refractivity contribution in [2.45, 2.75) is 6.92 Å². The Labute approximate surface area is 74.1 Å². The smallest absolute Gasteiger partial charge is 0.357 e. The predicted molar refractivity (Wildman–Crippen MR) is 44.6 cm³/mol. The Balaban J connectivity index is 2.68. The maximum atomic E-state index is 11.0. The van der Waals surface area contributed by atoms with E-state index in [4.69, 9.17) is 9.47 Å². The van der Waals surface area contributed by atoms with Crippen LogP contribution in [-0.2, 0) is 4.74 Å². The van der Waals surface area contributed by atoms with E-state index in [1.165, 1.54) is 18.4 Å². The van der Waals surface area contributed by atoms with E-state index in [1.54, 1.807) is 12.3 Å². The zero-order chi connectivity index (χ0) is 8.97. The molecule has 0 amide bonds. The number of aromatic nitrogens is 1. The second-order valence-corrected chi connectivity index (χ2v) is 2.74. The third-order valence-electron chi connectivity index (χ3n) is 1.14. The lowest BCUT2D eigenvalue weighted by atomic mass is 10.5. The average molecular weight is 187 g/mol. The molecule has 0 saturated carbocycles. The van der Waals surface area contributed by atoms with Gasteiger partial charge in [0.2, 0.25) is 0 Å². The molecule has 0 aromatic carbocycles. The first-order valence-corrected chi connectivity index (χ1v) is 4.32. The number of hydrogen-bond acceptors (Lipinski definition) is 5. The molecule has 0 spiro atoms. The molecule has 0 N–H and O–H groups in total. The van der Waals surface area contributed by atoms with Gasteiger partial charge in [0.25, 0.3) is 5.19 Å². The van der Waals surface area contributed by atoms with Gasteiger partial charge in [0, 0.05) is 5.38 Å². The fourth-order valence-corrected chi connectivity index (χ4v) is 1.26. The van der Waals surface area contributed by atoms with Crippen LogP contribution in [0.4, 0.5) is 0 Å². The van der Waals surface area contributed by atoms with Gasteiger partial charge in [0.1, 0.15) is 0 Å². The summed E-state index contributed by atoms with van der Waals surface area (Å²) in [6.07, 6.45) is 0. The molecule has 4 nitrogen and oxygen atoms in total. The maximum Gasteiger partial charge on any atom is 0.357 e. The first kappa shape index (κ1) is 8.99. The highest BCUT2D eigenvalue weighted by Crippen LogP contribution is 2.17. The Morgan fingerprint density at radius 2 is 2.50 bits per heavy atom. The van der Waals surface area contributed by atoms with Crippen molar-refractivity contribution in [3.05, 3.63) is 11.1 Å². The number of nitrogens with zero attached hydrogens (tertiary/aromatic N) is 1. The van der Waals surface area contributed by atoms with Crippen LogP contribution in [0.3, 0.4) is 0 Å². The number of methoxy groups -OCH3 is 1. The average Bonchev–Trinajstić information content (AvgIpc) is 2.52. The number of ether oxygens (including phenoxy) is 2. The van der Waals surface area contributed by atoms with E-state index in [0.717, 1.165) is 0 Å².